The number of phenolic OH excluding ortho intramolecular Hbond substituents is 1. The minimum atomic E-state index is -1.29. The number of ether oxygens (including phenoxy) is 1. The summed E-state index contributed by atoms with van der Waals surface area (Å²) < 4.78 is 4.80. The normalized spacial score (nSPS) is 24.3. The SMILES string of the molecule is NC(=O)OCC1=C(C(=O)O)N2C(=O)[C@@H]3[C@H]2C1CCN3C(=O)NCc1ccc(O)cc1. The van der Waals surface area contributed by atoms with Crippen molar-refractivity contribution in [2.75, 3.05) is 13.2 Å². The van der Waals surface area contributed by atoms with Crippen LogP contribution in [0.15, 0.2) is 35.5 Å². The van der Waals surface area contributed by atoms with E-state index in [-0.39, 0.29) is 37.1 Å². The predicted octanol–water partition coefficient (Wildman–Crippen LogP) is -0.0493. The van der Waals surface area contributed by atoms with Gasteiger partial charge in [-0.2, -0.15) is 0 Å². The number of nitrogens with zero attached hydrogens (tertiary/aromatic N) is 2. The summed E-state index contributed by atoms with van der Waals surface area (Å²) in [6.07, 6.45) is -0.610. The molecule has 2 saturated heterocycles. The molecule has 1 aromatic carbocycles. The molecule has 0 saturated carbocycles. The van der Waals surface area contributed by atoms with E-state index < -0.39 is 36.1 Å². The molecule has 0 radical (unpaired) electrons. The van der Waals surface area contributed by atoms with E-state index in [9.17, 15) is 29.4 Å². The molecule has 4 rings (SSSR count). The monoisotopic (exact) mass is 416 g/mol. The maximum absolute atomic E-state index is 12.7. The highest BCUT2D eigenvalue weighted by Crippen LogP contribution is 2.48. The molecule has 2 fully saturated rings. The van der Waals surface area contributed by atoms with Crippen LogP contribution < -0.4 is 11.1 Å². The molecule has 3 heterocycles. The van der Waals surface area contributed by atoms with Crippen LogP contribution in [0.5, 0.6) is 5.75 Å². The van der Waals surface area contributed by atoms with Crippen LogP contribution in [0, 0.1) is 5.92 Å². The number of nitrogens with one attached hydrogen (secondary N) is 1. The number of aliphatic carboxylic acids is 1. The first-order chi connectivity index (χ1) is 14.3. The average Bonchev–Trinajstić information content (AvgIpc) is 3.03. The first kappa shape index (κ1) is 19.6. The van der Waals surface area contributed by atoms with Crippen LogP contribution in [-0.4, -0.2) is 69.2 Å². The summed E-state index contributed by atoms with van der Waals surface area (Å²) in [6, 6.07) is 4.65. The van der Waals surface area contributed by atoms with Gasteiger partial charge in [0.2, 0.25) is 0 Å². The number of rotatable bonds is 5. The molecule has 0 aliphatic carbocycles. The molecule has 5 N–H and O–H groups in total. The summed E-state index contributed by atoms with van der Waals surface area (Å²) in [5, 5.41) is 21.7. The molecule has 0 aromatic heterocycles. The van der Waals surface area contributed by atoms with Crippen LogP contribution in [0.1, 0.15) is 12.0 Å². The van der Waals surface area contributed by atoms with Gasteiger partial charge in [0.25, 0.3) is 5.91 Å². The quantitative estimate of drug-likeness (QED) is 0.489. The highest BCUT2D eigenvalue weighted by Gasteiger charge is 2.64. The van der Waals surface area contributed by atoms with Crippen molar-refractivity contribution in [1.29, 1.82) is 0 Å². The number of urea groups is 1. The summed E-state index contributed by atoms with van der Waals surface area (Å²) in [6.45, 7) is 0.159. The van der Waals surface area contributed by atoms with Crippen LogP contribution in [0.4, 0.5) is 9.59 Å². The van der Waals surface area contributed by atoms with E-state index >= 15 is 0 Å². The lowest BCUT2D eigenvalue weighted by molar-refractivity contribution is -0.160. The molecular formula is C19H20N4O7. The van der Waals surface area contributed by atoms with Crippen LogP contribution in [0.25, 0.3) is 0 Å². The Morgan fingerprint density at radius 3 is 2.57 bits per heavy atom. The van der Waals surface area contributed by atoms with Crippen molar-refractivity contribution < 1.29 is 34.1 Å². The number of carboxylic acid groups (broad SMARTS) is 1. The number of primary amides is 1. The Hall–Kier alpha value is -3.76. The Kier molecular flexibility index (Phi) is 4.72. The largest absolute Gasteiger partial charge is 0.508 e. The number of hydrogen-bond acceptors (Lipinski definition) is 6. The molecule has 4 amide bonds. The van der Waals surface area contributed by atoms with Crippen LogP contribution in [-0.2, 0) is 20.9 Å². The topological polar surface area (TPSA) is 162 Å². The van der Waals surface area contributed by atoms with E-state index in [1.54, 1.807) is 12.1 Å². The molecule has 1 unspecified atom stereocenters. The highest BCUT2D eigenvalue weighted by atomic mass is 16.5. The third-order valence-corrected chi connectivity index (χ3v) is 5.75. The molecule has 3 aliphatic heterocycles. The van der Waals surface area contributed by atoms with Crippen molar-refractivity contribution in [3.05, 3.63) is 41.1 Å². The number of nitrogens with two attached hydrogens (primary N) is 1. The predicted molar refractivity (Wildman–Crippen MR) is 99.8 cm³/mol. The first-order valence-electron chi connectivity index (χ1n) is 9.33. The number of amides is 4. The van der Waals surface area contributed by atoms with E-state index in [1.165, 1.54) is 21.9 Å². The lowest BCUT2D eigenvalue weighted by atomic mass is 9.78. The van der Waals surface area contributed by atoms with E-state index in [0.29, 0.717) is 12.0 Å². The number of likely N-dealkylation sites (tertiary alicyclic amines) is 1. The standard InChI is InChI=1S/C19H20N4O7/c20-18(28)30-8-12-11-5-6-22(15-13(11)23(16(15)25)14(12)17(26)27)19(29)21-7-9-1-3-10(24)4-2-9/h1-4,11,13,15,24H,5-8H2,(H2,20,28)(H,21,29)(H,26,27)/t11?,13-,15+/m1/s1. The van der Waals surface area contributed by atoms with Gasteiger partial charge in [0, 0.05) is 24.6 Å². The lowest BCUT2D eigenvalue weighted by Gasteiger charge is -2.53. The second kappa shape index (κ2) is 7.25. The molecule has 0 spiro atoms. The number of aromatic hydroxyl groups is 1. The number of benzene rings is 1. The van der Waals surface area contributed by atoms with Gasteiger partial charge in [-0.3, -0.25) is 9.69 Å². The zero-order chi connectivity index (χ0) is 21.6. The molecule has 11 heteroatoms. The second-order valence-electron chi connectivity index (χ2n) is 7.34. The van der Waals surface area contributed by atoms with Gasteiger partial charge in [0.05, 0.1) is 6.04 Å². The number of carbonyl (C=O) groups is 4. The maximum atomic E-state index is 12.7. The smallest absolute Gasteiger partial charge is 0.404 e. The average molecular weight is 416 g/mol. The van der Waals surface area contributed by atoms with E-state index in [2.05, 4.69) is 5.32 Å². The fraction of sp³-hybridized carbons (Fsp3) is 0.368. The fourth-order valence-electron chi connectivity index (χ4n) is 4.46. The van der Waals surface area contributed by atoms with Gasteiger partial charge in [-0.25, -0.2) is 14.4 Å². The van der Waals surface area contributed by atoms with Crippen molar-refractivity contribution in [1.82, 2.24) is 15.1 Å². The minimum Gasteiger partial charge on any atom is -0.508 e. The molecular weight excluding hydrogens is 396 g/mol. The van der Waals surface area contributed by atoms with E-state index in [1.807, 2.05) is 0 Å². The Balaban J connectivity index is 1.48. The van der Waals surface area contributed by atoms with Gasteiger partial charge >= 0.3 is 18.1 Å². The van der Waals surface area contributed by atoms with Crippen molar-refractivity contribution in [3.63, 3.8) is 0 Å². The van der Waals surface area contributed by atoms with E-state index in [4.69, 9.17) is 10.5 Å². The number of piperidine rings is 1. The minimum absolute atomic E-state index is 0.117. The molecule has 11 nitrogen and oxygen atoms in total. The van der Waals surface area contributed by atoms with Crippen molar-refractivity contribution in [2.24, 2.45) is 11.7 Å². The second-order valence-corrected chi connectivity index (χ2v) is 7.34. The van der Waals surface area contributed by atoms with Gasteiger partial charge in [0.1, 0.15) is 24.1 Å². The zero-order valence-electron chi connectivity index (χ0n) is 15.8. The molecule has 158 valence electrons. The van der Waals surface area contributed by atoms with Gasteiger partial charge < -0.3 is 30.9 Å². The fourth-order valence-corrected chi connectivity index (χ4v) is 4.46. The Bertz CT molecular complexity index is 958. The molecule has 0 bridgehead atoms. The van der Waals surface area contributed by atoms with Gasteiger partial charge in [-0.15, -0.1) is 0 Å². The third-order valence-electron chi connectivity index (χ3n) is 5.75. The molecule has 30 heavy (non-hydrogen) atoms. The number of phenols is 1. The summed E-state index contributed by atoms with van der Waals surface area (Å²) >= 11 is 0. The first-order valence-corrected chi connectivity index (χ1v) is 9.33. The van der Waals surface area contributed by atoms with Crippen LogP contribution in [0.3, 0.4) is 0 Å². The van der Waals surface area contributed by atoms with Crippen molar-refractivity contribution >= 4 is 24.0 Å². The van der Waals surface area contributed by atoms with Crippen LogP contribution >= 0.6 is 0 Å². The summed E-state index contributed by atoms with van der Waals surface area (Å²) in [5.41, 5.74) is 5.92. The van der Waals surface area contributed by atoms with Gasteiger partial charge in [-0.1, -0.05) is 12.1 Å². The molecule has 3 aliphatic rings. The molecule has 1 aromatic rings. The third kappa shape index (κ3) is 3.08. The number of carbonyl (C=O) groups excluding carboxylic acids is 3. The lowest BCUT2D eigenvalue weighted by Crippen LogP contribution is -2.74. The number of β-lactam (4-membered cyclic amide) rings is 1. The van der Waals surface area contributed by atoms with Crippen molar-refractivity contribution in [2.45, 2.75) is 25.0 Å². The Morgan fingerprint density at radius 2 is 1.93 bits per heavy atom. The van der Waals surface area contributed by atoms with Crippen LogP contribution in [0.2, 0.25) is 0 Å². The van der Waals surface area contributed by atoms with E-state index in [0.717, 1.165) is 5.56 Å². The van der Waals surface area contributed by atoms with Gasteiger partial charge in [0.15, 0.2) is 0 Å². The number of carboxylic acids is 1. The Labute approximate surface area is 170 Å². The highest BCUT2D eigenvalue weighted by molar-refractivity contribution is 6.03. The molecule has 3 atom stereocenters. The zero-order valence-corrected chi connectivity index (χ0v) is 15.8. The summed E-state index contributed by atoms with van der Waals surface area (Å²) in [7, 11) is 0. The number of hydrogen-bond donors (Lipinski definition) is 4. The summed E-state index contributed by atoms with van der Waals surface area (Å²) in [5.74, 6) is -1.97. The maximum Gasteiger partial charge on any atom is 0.404 e. The van der Waals surface area contributed by atoms with Crippen molar-refractivity contribution in [3.8, 4) is 5.75 Å². The van der Waals surface area contributed by atoms with Gasteiger partial charge in [-0.05, 0) is 24.1 Å². The summed E-state index contributed by atoms with van der Waals surface area (Å²) in [4.78, 5) is 50.7. The Morgan fingerprint density at radius 1 is 1.23 bits per heavy atom.